The van der Waals surface area contributed by atoms with Crippen molar-refractivity contribution >= 4 is 35.4 Å². The van der Waals surface area contributed by atoms with Gasteiger partial charge in [0.2, 0.25) is 23.6 Å². The van der Waals surface area contributed by atoms with Crippen LogP contribution in [0.15, 0.2) is 85.7 Å². The fourth-order valence-electron chi connectivity index (χ4n) is 6.29. The second kappa shape index (κ2) is 23.8. The van der Waals surface area contributed by atoms with E-state index in [1.54, 1.807) is 73.1 Å². The average molecular weight is 811 g/mol. The molecular weight excluding hydrogens is 753 g/mol. The molecule has 59 heavy (non-hydrogen) atoms. The van der Waals surface area contributed by atoms with E-state index >= 15 is 0 Å². The number of rotatable bonds is 24. The minimum absolute atomic E-state index is 0.153. The fourth-order valence-corrected chi connectivity index (χ4v) is 6.29. The van der Waals surface area contributed by atoms with E-state index in [-0.39, 0.29) is 36.5 Å². The number of hydrogen-bond donors (Lipinski definition) is 8. The SMILES string of the molecule is CCC(C)[C@H](NC(=O)[C@H](Cc1cnc[nH]1)NC(=O)c1ccccc1)C(=O)NCCCCCNC(=O)[C@H](NC(=O)[C@@H](Cc1cnc[nH]1)NC(=O)c1ccccc1)C(C)CC. The lowest BCUT2D eigenvalue weighted by molar-refractivity contribution is -0.131. The van der Waals surface area contributed by atoms with Crippen molar-refractivity contribution in [3.8, 4) is 0 Å². The number of aromatic amines is 2. The molecule has 2 aromatic carbocycles. The minimum Gasteiger partial charge on any atom is -0.354 e. The van der Waals surface area contributed by atoms with Gasteiger partial charge in [-0.25, -0.2) is 9.97 Å². The van der Waals surface area contributed by atoms with Crippen LogP contribution in [0.25, 0.3) is 0 Å². The minimum atomic E-state index is -0.963. The summed E-state index contributed by atoms with van der Waals surface area (Å²) in [6.07, 6.45) is 9.66. The van der Waals surface area contributed by atoms with Crippen LogP contribution >= 0.6 is 0 Å². The highest BCUT2D eigenvalue weighted by Gasteiger charge is 2.32. The third-order valence-electron chi connectivity index (χ3n) is 10.3. The number of H-pyrrole nitrogens is 2. The molecule has 16 heteroatoms. The van der Waals surface area contributed by atoms with Gasteiger partial charge in [0.15, 0.2) is 0 Å². The zero-order valence-electron chi connectivity index (χ0n) is 34.3. The second-order valence-electron chi connectivity index (χ2n) is 14.7. The van der Waals surface area contributed by atoms with Crippen LogP contribution in [0, 0.1) is 11.8 Å². The molecule has 2 aromatic heterocycles. The number of amides is 6. The first-order valence-corrected chi connectivity index (χ1v) is 20.3. The van der Waals surface area contributed by atoms with E-state index in [1.807, 2.05) is 27.7 Å². The number of nitrogens with one attached hydrogen (secondary N) is 8. The summed E-state index contributed by atoms with van der Waals surface area (Å²) in [5.74, 6) is -2.83. The van der Waals surface area contributed by atoms with Gasteiger partial charge in [0.25, 0.3) is 11.8 Å². The number of unbranched alkanes of at least 4 members (excludes halogenated alkanes) is 2. The van der Waals surface area contributed by atoms with Crippen molar-refractivity contribution in [3.05, 3.63) is 108 Å². The van der Waals surface area contributed by atoms with E-state index in [0.29, 0.717) is 67.7 Å². The van der Waals surface area contributed by atoms with Crippen LogP contribution in [-0.2, 0) is 32.0 Å². The summed E-state index contributed by atoms with van der Waals surface area (Å²) in [5.41, 5.74) is 2.12. The fraction of sp³-hybridized carbons (Fsp3) is 0.442. The van der Waals surface area contributed by atoms with Gasteiger partial charge in [-0.05, 0) is 55.4 Å². The Balaban J connectivity index is 1.25. The smallest absolute Gasteiger partial charge is 0.251 e. The van der Waals surface area contributed by atoms with Gasteiger partial charge in [0.05, 0.1) is 12.7 Å². The van der Waals surface area contributed by atoms with Crippen molar-refractivity contribution in [2.45, 2.75) is 96.8 Å². The summed E-state index contributed by atoms with van der Waals surface area (Å²) in [4.78, 5) is 94.0. The highest BCUT2D eigenvalue weighted by molar-refractivity contribution is 5.99. The Labute approximate surface area is 345 Å². The van der Waals surface area contributed by atoms with Crippen molar-refractivity contribution in [1.82, 2.24) is 51.8 Å². The summed E-state index contributed by atoms with van der Waals surface area (Å²) in [6, 6.07) is 13.6. The van der Waals surface area contributed by atoms with Crippen LogP contribution in [0.1, 0.15) is 91.9 Å². The molecule has 0 radical (unpaired) electrons. The van der Waals surface area contributed by atoms with Crippen LogP contribution in [-0.4, -0.2) is 92.6 Å². The Morgan fingerprint density at radius 2 is 0.932 bits per heavy atom. The Kier molecular flexibility index (Phi) is 18.3. The van der Waals surface area contributed by atoms with E-state index in [4.69, 9.17) is 0 Å². The molecule has 4 rings (SSSR count). The van der Waals surface area contributed by atoms with E-state index in [9.17, 15) is 28.8 Å². The second-order valence-corrected chi connectivity index (χ2v) is 14.7. The first kappa shape index (κ1) is 45.4. The molecule has 316 valence electrons. The molecule has 0 aliphatic carbocycles. The normalized spacial score (nSPS) is 14.0. The summed E-state index contributed by atoms with van der Waals surface area (Å²) < 4.78 is 0. The molecule has 2 unspecified atom stereocenters. The van der Waals surface area contributed by atoms with Gasteiger partial charge in [0.1, 0.15) is 24.2 Å². The molecule has 4 aromatic rings. The largest absolute Gasteiger partial charge is 0.354 e. The number of carbonyl (C=O) groups excluding carboxylic acids is 6. The molecule has 0 bridgehead atoms. The van der Waals surface area contributed by atoms with Gasteiger partial charge in [-0.3, -0.25) is 28.8 Å². The van der Waals surface area contributed by atoms with Crippen LogP contribution < -0.4 is 31.9 Å². The van der Waals surface area contributed by atoms with Gasteiger partial charge < -0.3 is 41.9 Å². The Morgan fingerprint density at radius 3 is 1.27 bits per heavy atom. The first-order chi connectivity index (χ1) is 28.5. The molecular formula is C43H58N10O6. The lowest BCUT2D eigenvalue weighted by Crippen LogP contribution is -2.56. The van der Waals surface area contributed by atoms with Crippen molar-refractivity contribution < 1.29 is 28.8 Å². The molecule has 6 atom stereocenters. The number of imidazole rings is 2. The molecule has 2 heterocycles. The van der Waals surface area contributed by atoms with Gasteiger partial charge in [-0.15, -0.1) is 0 Å². The monoisotopic (exact) mass is 810 g/mol. The summed E-state index contributed by atoms with van der Waals surface area (Å²) in [6.45, 7) is 8.35. The molecule has 0 fully saturated rings. The van der Waals surface area contributed by atoms with Gasteiger partial charge in [-0.1, -0.05) is 76.9 Å². The maximum atomic E-state index is 13.6. The third-order valence-corrected chi connectivity index (χ3v) is 10.3. The van der Waals surface area contributed by atoms with Gasteiger partial charge >= 0.3 is 0 Å². The highest BCUT2D eigenvalue weighted by Crippen LogP contribution is 2.12. The van der Waals surface area contributed by atoms with Gasteiger partial charge in [0, 0.05) is 60.8 Å². The number of benzene rings is 2. The Hall–Kier alpha value is -6.32. The van der Waals surface area contributed by atoms with Crippen molar-refractivity contribution in [3.63, 3.8) is 0 Å². The van der Waals surface area contributed by atoms with Crippen LogP contribution in [0.2, 0.25) is 0 Å². The van der Waals surface area contributed by atoms with Gasteiger partial charge in [-0.2, -0.15) is 0 Å². The third kappa shape index (κ3) is 14.5. The number of aromatic nitrogens is 4. The van der Waals surface area contributed by atoms with Crippen LogP contribution in [0.4, 0.5) is 0 Å². The quantitative estimate of drug-likeness (QED) is 0.0490. The maximum absolute atomic E-state index is 13.6. The first-order valence-electron chi connectivity index (χ1n) is 20.3. The van der Waals surface area contributed by atoms with Crippen molar-refractivity contribution in [2.24, 2.45) is 11.8 Å². The number of carbonyl (C=O) groups is 6. The predicted octanol–water partition coefficient (Wildman–Crippen LogP) is 2.98. The zero-order valence-corrected chi connectivity index (χ0v) is 34.3. The topological polar surface area (TPSA) is 232 Å². The van der Waals surface area contributed by atoms with E-state index < -0.39 is 47.8 Å². The summed E-state index contributed by atoms with van der Waals surface area (Å²) >= 11 is 0. The highest BCUT2D eigenvalue weighted by atomic mass is 16.2. The Morgan fingerprint density at radius 1 is 0.542 bits per heavy atom. The average Bonchev–Trinajstić information content (AvgIpc) is 3.98. The molecule has 0 aliphatic rings. The lowest BCUT2D eigenvalue weighted by Gasteiger charge is -2.26. The molecule has 16 nitrogen and oxygen atoms in total. The maximum Gasteiger partial charge on any atom is 0.251 e. The molecule has 8 N–H and O–H groups in total. The van der Waals surface area contributed by atoms with Crippen molar-refractivity contribution in [1.29, 1.82) is 0 Å². The summed E-state index contributed by atoms with van der Waals surface area (Å²) in [5, 5.41) is 17.2. The number of hydrogen-bond acceptors (Lipinski definition) is 8. The van der Waals surface area contributed by atoms with Crippen LogP contribution in [0.3, 0.4) is 0 Å². The zero-order chi connectivity index (χ0) is 42.6. The van der Waals surface area contributed by atoms with E-state index in [0.717, 1.165) is 0 Å². The van der Waals surface area contributed by atoms with E-state index in [1.165, 1.54) is 12.7 Å². The van der Waals surface area contributed by atoms with Crippen LogP contribution in [0.5, 0.6) is 0 Å². The Bertz CT molecular complexity index is 1770. The van der Waals surface area contributed by atoms with E-state index in [2.05, 4.69) is 51.8 Å². The molecule has 0 saturated heterocycles. The molecule has 6 amide bonds. The number of nitrogens with zero attached hydrogens (tertiary/aromatic N) is 2. The molecule has 0 saturated carbocycles. The lowest BCUT2D eigenvalue weighted by atomic mass is 9.97. The standard InChI is InChI=1S/C43H58N10O6/c1-5-28(3)36(52-40(56)34(22-32-24-44-26-48-32)50-38(54)30-16-10-7-11-17-30)42(58)46-20-14-9-15-21-47-43(59)37(29(4)6-2)53-41(57)35(23-33-25-45-27-49-33)51-39(55)31-18-12-8-13-19-31/h7-8,10-13,16-19,24-29,34-37H,5-6,9,14-15,20-23H2,1-4H3,(H,44,48)(H,45,49)(H,46,58)(H,47,59)(H,50,54)(H,51,55)(H,52,56)(H,53,57)/t28?,29?,34-,35+,36-,37+. The predicted molar refractivity (Wildman–Crippen MR) is 223 cm³/mol. The molecule has 0 aliphatic heterocycles. The summed E-state index contributed by atoms with van der Waals surface area (Å²) in [7, 11) is 0. The van der Waals surface area contributed by atoms with Crippen molar-refractivity contribution in [2.75, 3.05) is 13.1 Å². The molecule has 0 spiro atoms.